The van der Waals surface area contributed by atoms with Crippen molar-refractivity contribution in [1.29, 1.82) is 0 Å². The topological polar surface area (TPSA) is 52.0 Å². The molecule has 3 nitrogen and oxygen atoms in total. The summed E-state index contributed by atoms with van der Waals surface area (Å²) in [5.74, 6) is -0.319. The summed E-state index contributed by atoms with van der Waals surface area (Å²) in [6, 6.07) is 4.37. The summed E-state index contributed by atoms with van der Waals surface area (Å²) in [5, 5.41) is 3.95. The van der Waals surface area contributed by atoms with Gasteiger partial charge >= 0.3 is 0 Å². The van der Waals surface area contributed by atoms with Gasteiger partial charge in [0.25, 0.3) is 0 Å². The Morgan fingerprint density at radius 1 is 1.47 bits per heavy atom. The van der Waals surface area contributed by atoms with Gasteiger partial charge in [-0.05, 0) is 18.6 Å². The molecule has 0 spiro atoms. The lowest BCUT2D eigenvalue weighted by molar-refractivity contribution is 0.438. The number of nitrogen functional groups attached to an aromatic ring is 1. The maximum atomic E-state index is 13.5. The quantitative estimate of drug-likeness (QED) is 0.813. The number of hydrogen-bond donors (Lipinski definition) is 1. The Labute approximate surface area is 90.6 Å². The molecule has 2 aromatic rings. The number of aromatic nitrogens is 1. The van der Waals surface area contributed by atoms with Gasteiger partial charge in [0.05, 0.1) is 10.6 Å². The molecule has 0 saturated carbocycles. The van der Waals surface area contributed by atoms with Gasteiger partial charge in [-0.1, -0.05) is 22.8 Å². The molecule has 1 aromatic heterocycles. The number of nitrogens with two attached hydrogens (primary N) is 1. The van der Waals surface area contributed by atoms with E-state index in [0.717, 1.165) is 5.56 Å². The minimum Gasteiger partial charge on any atom is -0.368 e. The van der Waals surface area contributed by atoms with Crippen LogP contribution in [0.3, 0.4) is 0 Å². The standard InChI is InChI=1S/C10H8ClFN2O/c1-5-2-3-6(12)9(10(5)11)7-4-8(13)15-14-7/h2-4H,13H2,1H3. The number of benzene rings is 1. The van der Waals surface area contributed by atoms with E-state index in [9.17, 15) is 4.39 Å². The van der Waals surface area contributed by atoms with Crippen molar-refractivity contribution >= 4 is 17.5 Å². The normalized spacial score (nSPS) is 10.6. The molecule has 0 fully saturated rings. The molecule has 1 heterocycles. The van der Waals surface area contributed by atoms with Crippen molar-refractivity contribution in [2.75, 3.05) is 5.73 Å². The van der Waals surface area contributed by atoms with Crippen LogP contribution < -0.4 is 5.73 Å². The Hall–Kier alpha value is -1.55. The van der Waals surface area contributed by atoms with Crippen molar-refractivity contribution in [3.63, 3.8) is 0 Å². The molecule has 0 aliphatic rings. The lowest BCUT2D eigenvalue weighted by Gasteiger charge is -2.04. The average Bonchev–Trinajstić information content (AvgIpc) is 2.59. The first-order valence-electron chi connectivity index (χ1n) is 4.26. The van der Waals surface area contributed by atoms with E-state index in [1.807, 2.05) is 0 Å². The van der Waals surface area contributed by atoms with Gasteiger partial charge in [-0.3, -0.25) is 0 Å². The highest BCUT2D eigenvalue weighted by atomic mass is 35.5. The van der Waals surface area contributed by atoms with Crippen LogP contribution in [0.25, 0.3) is 11.3 Å². The van der Waals surface area contributed by atoms with Gasteiger partial charge in [0, 0.05) is 6.07 Å². The first-order chi connectivity index (χ1) is 7.09. The van der Waals surface area contributed by atoms with E-state index < -0.39 is 5.82 Å². The van der Waals surface area contributed by atoms with Crippen LogP contribution in [0.4, 0.5) is 10.3 Å². The first-order valence-corrected chi connectivity index (χ1v) is 4.64. The van der Waals surface area contributed by atoms with Crippen LogP contribution in [0.2, 0.25) is 5.02 Å². The maximum absolute atomic E-state index is 13.5. The smallest absolute Gasteiger partial charge is 0.222 e. The SMILES string of the molecule is Cc1ccc(F)c(-c2cc(N)on2)c1Cl. The zero-order valence-electron chi connectivity index (χ0n) is 7.92. The Morgan fingerprint density at radius 3 is 2.80 bits per heavy atom. The van der Waals surface area contributed by atoms with E-state index in [-0.39, 0.29) is 11.4 Å². The molecule has 0 radical (unpaired) electrons. The van der Waals surface area contributed by atoms with Crippen molar-refractivity contribution in [2.45, 2.75) is 6.92 Å². The van der Waals surface area contributed by atoms with Crippen LogP contribution in [0.5, 0.6) is 0 Å². The summed E-state index contributed by atoms with van der Waals surface area (Å²) in [7, 11) is 0. The van der Waals surface area contributed by atoms with Crippen LogP contribution in [0.15, 0.2) is 22.7 Å². The second kappa shape index (κ2) is 3.55. The third kappa shape index (κ3) is 1.68. The van der Waals surface area contributed by atoms with Gasteiger partial charge in [0.15, 0.2) is 0 Å². The highest BCUT2D eigenvalue weighted by Gasteiger charge is 2.15. The van der Waals surface area contributed by atoms with E-state index in [4.69, 9.17) is 17.3 Å². The number of aryl methyl sites for hydroxylation is 1. The lowest BCUT2D eigenvalue weighted by Crippen LogP contribution is -1.88. The predicted octanol–water partition coefficient (Wildman–Crippen LogP) is 3.02. The molecule has 0 aliphatic heterocycles. The molecular weight excluding hydrogens is 219 g/mol. The molecule has 2 N–H and O–H groups in total. The summed E-state index contributed by atoms with van der Waals surface area (Å²) in [4.78, 5) is 0. The van der Waals surface area contributed by atoms with E-state index in [2.05, 4.69) is 9.68 Å². The summed E-state index contributed by atoms with van der Waals surface area (Å²) in [6.07, 6.45) is 0. The van der Waals surface area contributed by atoms with E-state index in [1.54, 1.807) is 13.0 Å². The fourth-order valence-corrected chi connectivity index (χ4v) is 1.55. The van der Waals surface area contributed by atoms with Gasteiger partial charge in [0.2, 0.25) is 5.88 Å². The fraction of sp³-hybridized carbons (Fsp3) is 0.100. The van der Waals surface area contributed by atoms with E-state index in [0.29, 0.717) is 10.7 Å². The summed E-state index contributed by atoms with van der Waals surface area (Å²) >= 11 is 5.98. The third-order valence-electron chi connectivity index (χ3n) is 2.07. The van der Waals surface area contributed by atoms with Crippen molar-refractivity contribution < 1.29 is 8.91 Å². The van der Waals surface area contributed by atoms with Crippen LogP contribution in [-0.2, 0) is 0 Å². The minimum atomic E-state index is -0.445. The Balaban J connectivity index is 2.66. The molecule has 0 amide bonds. The van der Waals surface area contributed by atoms with Crippen LogP contribution in [-0.4, -0.2) is 5.16 Å². The molecule has 0 saturated heterocycles. The number of nitrogens with zero attached hydrogens (tertiary/aromatic N) is 1. The Bertz CT molecular complexity index is 510. The molecule has 5 heteroatoms. The summed E-state index contributed by atoms with van der Waals surface area (Å²) < 4.78 is 18.2. The highest BCUT2D eigenvalue weighted by molar-refractivity contribution is 6.34. The highest BCUT2D eigenvalue weighted by Crippen LogP contribution is 2.32. The Kier molecular flexibility index (Phi) is 2.36. The van der Waals surface area contributed by atoms with Crippen molar-refractivity contribution in [1.82, 2.24) is 5.16 Å². The minimum absolute atomic E-state index is 0.127. The molecule has 0 bridgehead atoms. The molecule has 2 rings (SSSR count). The first kappa shape index (κ1) is 9.98. The van der Waals surface area contributed by atoms with Gasteiger partial charge in [-0.25, -0.2) is 4.39 Å². The van der Waals surface area contributed by atoms with E-state index >= 15 is 0 Å². The fourth-order valence-electron chi connectivity index (χ4n) is 1.30. The number of hydrogen-bond acceptors (Lipinski definition) is 3. The molecule has 1 aromatic carbocycles. The molecule has 0 atom stereocenters. The second-order valence-corrected chi connectivity index (χ2v) is 3.55. The number of halogens is 2. The zero-order chi connectivity index (χ0) is 11.0. The summed E-state index contributed by atoms with van der Waals surface area (Å²) in [6.45, 7) is 1.79. The largest absolute Gasteiger partial charge is 0.368 e. The van der Waals surface area contributed by atoms with Gasteiger partial charge in [-0.2, -0.15) is 0 Å². The van der Waals surface area contributed by atoms with Gasteiger partial charge in [-0.15, -0.1) is 0 Å². The van der Waals surface area contributed by atoms with Gasteiger partial charge < -0.3 is 10.3 Å². The van der Waals surface area contributed by atoms with E-state index in [1.165, 1.54) is 12.1 Å². The third-order valence-corrected chi connectivity index (χ3v) is 2.56. The van der Waals surface area contributed by atoms with Crippen LogP contribution >= 0.6 is 11.6 Å². The molecular formula is C10H8ClFN2O. The van der Waals surface area contributed by atoms with Crippen LogP contribution in [0, 0.1) is 12.7 Å². The molecule has 15 heavy (non-hydrogen) atoms. The Morgan fingerprint density at radius 2 is 2.20 bits per heavy atom. The maximum Gasteiger partial charge on any atom is 0.222 e. The molecule has 0 aliphatic carbocycles. The number of rotatable bonds is 1. The van der Waals surface area contributed by atoms with Crippen molar-refractivity contribution in [2.24, 2.45) is 0 Å². The average molecular weight is 227 g/mol. The van der Waals surface area contributed by atoms with Gasteiger partial charge in [0.1, 0.15) is 11.5 Å². The lowest BCUT2D eigenvalue weighted by atomic mass is 10.1. The molecule has 0 unspecified atom stereocenters. The van der Waals surface area contributed by atoms with Crippen molar-refractivity contribution in [3.05, 3.63) is 34.6 Å². The van der Waals surface area contributed by atoms with Crippen molar-refractivity contribution in [3.8, 4) is 11.3 Å². The molecule has 78 valence electrons. The monoisotopic (exact) mass is 226 g/mol. The second-order valence-electron chi connectivity index (χ2n) is 3.17. The number of anilines is 1. The predicted molar refractivity (Wildman–Crippen MR) is 56.1 cm³/mol. The summed E-state index contributed by atoms with van der Waals surface area (Å²) in [5.41, 5.74) is 6.66. The zero-order valence-corrected chi connectivity index (χ0v) is 8.68. The van der Waals surface area contributed by atoms with Crippen LogP contribution in [0.1, 0.15) is 5.56 Å².